The maximum atomic E-state index is 13.5. The van der Waals surface area contributed by atoms with Gasteiger partial charge in [0.25, 0.3) is 0 Å². The number of aromatic nitrogens is 5. The van der Waals surface area contributed by atoms with Crippen LogP contribution in [0.4, 0.5) is 19.0 Å². The van der Waals surface area contributed by atoms with Crippen LogP contribution in [0.5, 0.6) is 0 Å². The third-order valence-electron chi connectivity index (χ3n) is 5.04. The number of nitrogens with one attached hydrogen (secondary N) is 2. The van der Waals surface area contributed by atoms with Crippen LogP contribution in [-0.4, -0.2) is 36.8 Å². The van der Waals surface area contributed by atoms with Crippen molar-refractivity contribution in [3.05, 3.63) is 46.9 Å². The van der Waals surface area contributed by atoms with Crippen molar-refractivity contribution in [1.82, 2.24) is 24.5 Å². The van der Waals surface area contributed by atoms with Crippen molar-refractivity contribution >= 4 is 18.0 Å². The first-order chi connectivity index (χ1) is 13.3. The molecule has 2 N–H and O–H groups in total. The number of rotatable bonds is 3. The van der Waals surface area contributed by atoms with Crippen LogP contribution >= 0.6 is 12.2 Å². The largest absolute Gasteiger partial charge is 0.410 e. The zero-order valence-corrected chi connectivity index (χ0v) is 16.1. The van der Waals surface area contributed by atoms with Crippen LogP contribution in [0.15, 0.2) is 36.5 Å². The molecular weight excluding hydrogens is 389 g/mol. The Morgan fingerprint density at radius 1 is 1.25 bits per heavy atom. The highest BCUT2D eigenvalue weighted by Gasteiger charge is 2.46. The average Bonchev–Trinajstić information content (AvgIpc) is 3.23. The minimum absolute atomic E-state index is 0.0785. The van der Waals surface area contributed by atoms with Crippen LogP contribution < -0.4 is 5.32 Å². The molecule has 0 unspecified atom stereocenters. The second kappa shape index (κ2) is 6.77. The first-order valence-electron chi connectivity index (χ1n) is 8.90. The molecule has 0 fully saturated rings. The minimum atomic E-state index is -4.38. The molecule has 3 aromatic rings. The van der Waals surface area contributed by atoms with Crippen molar-refractivity contribution < 1.29 is 13.2 Å². The van der Waals surface area contributed by atoms with E-state index in [1.54, 1.807) is 11.5 Å². The fourth-order valence-corrected chi connectivity index (χ4v) is 3.93. The molecule has 0 saturated heterocycles. The van der Waals surface area contributed by atoms with E-state index in [-0.39, 0.29) is 18.5 Å². The summed E-state index contributed by atoms with van der Waals surface area (Å²) in [6.45, 7) is 3.69. The lowest BCUT2D eigenvalue weighted by Crippen LogP contribution is -2.38. The van der Waals surface area contributed by atoms with E-state index in [9.17, 15) is 13.2 Å². The van der Waals surface area contributed by atoms with Gasteiger partial charge in [0.05, 0.1) is 17.8 Å². The number of aromatic amines is 1. The van der Waals surface area contributed by atoms with Gasteiger partial charge in [0.2, 0.25) is 0 Å². The Labute approximate surface area is 164 Å². The number of anilines is 1. The second-order valence-electron chi connectivity index (χ2n) is 7.00. The molecule has 1 aliphatic rings. The van der Waals surface area contributed by atoms with E-state index in [0.29, 0.717) is 22.0 Å². The van der Waals surface area contributed by atoms with Crippen molar-refractivity contribution in [1.29, 1.82) is 0 Å². The van der Waals surface area contributed by atoms with Crippen LogP contribution in [0, 0.1) is 4.77 Å². The molecule has 4 rings (SSSR count). The molecule has 1 aliphatic heterocycles. The number of benzene rings is 1. The summed E-state index contributed by atoms with van der Waals surface area (Å²) >= 11 is 5.40. The highest BCUT2D eigenvalue weighted by molar-refractivity contribution is 7.71. The molecule has 28 heavy (non-hydrogen) atoms. The molecule has 2 aromatic heterocycles. The Hall–Kier alpha value is -2.62. The van der Waals surface area contributed by atoms with Crippen LogP contribution in [0.3, 0.4) is 0 Å². The molecule has 0 spiro atoms. The van der Waals surface area contributed by atoms with Crippen molar-refractivity contribution in [3.8, 4) is 11.4 Å². The van der Waals surface area contributed by atoms with Crippen LogP contribution in [0.1, 0.15) is 37.9 Å². The molecule has 3 atom stereocenters. The number of nitrogens with zero attached hydrogens (tertiary/aromatic N) is 4. The van der Waals surface area contributed by atoms with Gasteiger partial charge in [-0.3, -0.25) is 9.67 Å². The first kappa shape index (κ1) is 18.7. The lowest BCUT2D eigenvalue weighted by atomic mass is 10.0. The molecular formula is C18H19F3N6S. The number of hydrogen-bond acceptors (Lipinski definition) is 4. The van der Waals surface area contributed by atoms with Gasteiger partial charge in [0.1, 0.15) is 5.82 Å². The Kier molecular flexibility index (Phi) is 4.53. The number of halogens is 3. The second-order valence-corrected chi connectivity index (χ2v) is 7.39. The lowest BCUT2D eigenvalue weighted by Gasteiger charge is -2.32. The smallest absolute Gasteiger partial charge is 0.367 e. The van der Waals surface area contributed by atoms with E-state index >= 15 is 0 Å². The van der Waals surface area contributed by atoms with Gasteiger partial charge in [0, 0.05) is 6.04 Å². The molecule has 3 heterocycles. The molecule has 6 nitrogen and oxygen atoms in total. The number of hydrogen-bond donors (Lipinski definition) is 2. The summed E-state index contributed by atoms with van der Waals surface area (Å²) in [6, 6.07) is 7.53. The summed E-state index contributed by atoms with van der Waals surface area (Å²) in [5.74, 6) is 0.752. The summed E-state index contributed by atoms with van der Waals surface area (Å²) in [5.41, 5.74) is 1.49. The Bertz CT molecular complexity index is 1040. The molecule has 0 radical (unpaired) electrons. The van der Waals surface area contributed by atoms with Gasteiger partial charge in [-0.15, -0.1) is 0 Å². The minimum Gasteiger partial charge on any atom is -0.367 e. The predicted molar refractivity (Wildman–Crippen MR) is 102 cm³/mol. The van der Waals surface area contributed by atoms with Gasteiger partial charge < -0.3 is 5.32 Å². The lowest BCUT2D eigenvalue weighted by molar-refractivity contribution is -0.173. The maximum absolute atomic E-state index is 13.5. The fourth-order valence-electron chi connectivity index (χ4n) is 3.64. The average molecular weight is 408 g/mol. The molecule has 10 heteroatoms. The molecule has 0 amide bonds. The maximum Gasteiger partial charge on any atom is 0.410 e. The zero-order chi connectivity index (χ0) is 20.1. The molecule has 0 aliphatic carbocycles. The summed E-state index contributed by atoms with van der Waals surface area (Å²) in [4.78, 5) is 0. The third kappa shape index (κ3) is 3.11. The number of H-pyrrole nitrogens is 1. The Morgan fingerprint density at radius 2 is 1.96 bits per heavy atom. The van der Waals surface area contributed by atoms with E-state index in [1.165, 1.54) is 6.20 Å². The van der Waals surface area contributed by atoms with Crippen molar-refractivity contribution in [2.24, 2.45) is 0 Å². The van der Waals surface area contributed by atoms with E-state index < -0.39 is 12.2 Å². The quantitative estimate of drug-likeness (QED) is 0.616. The van der Waals surface area contributed by atoms with Crippen LogP contribution in [0.2, 0.25) is 0 Å². The molecule has 0 saturated carbocycles. The van der Waals surface area contributed by atoms with Gasteiger partial charge in [-0.25, -0.2) is 4.68 Å². The molecule has 0 bridgehead atoms. The summed E-state index contributed by atoms with van der Waals surface area (Å²) in [7, 11) is 0. The van der Waals surface area contributed by atoms with Gasteiger partial charge in [-0.2, -0.15) is 23.4 Å². The van der Waals surface area contributed by atoms with Crippen molar-refractivity contribution in [3.63, 3.8) is 0 Å². The standard InChI is InChI=1S/C18H19F3N6S/c1-10-8-14(18(19,20)21)27-15(23-10)13(9-22-27)16-24-25-17(28)26(16)11(2)12-6-4-3-5-7-12/h3-7,9-11,14,23H,8H2,1-2H3,(H,25,28)/t10-,11-,14+/m1/s1. The normalized spacial score (nSPS) is 20.5. The highest BCUT2D eigenvalue weighted by Crippen LogP contribution is 2.42. The SMILES string of the molecule is C[C@@H]1C[C@@H](C(F)(F)F)n2ncc(-c3n[nH]c(=S)n3[C@H](C)c3ccccc3)c2N1. The van der Waals surface area contributed by atoms with Crippen molar-refractivity contribution in [2.45, 2.75) is 44.6 Å². The monoisotopic (exact) mass is 408 g/mol. The Morgan fingerprint density at radius 3 is 2.64 bits per heavy atom. The van der Waals surface area contributed by atoms with E-state index in [2.05, 4.69) is 20.6 Å². The van der Waals surface area contributed by atoms with Crippen molar-refractivity contribution in [2.75, 3.05) is 5.32 Å². The Balaban J connectivity index is 1.83. The number of fused-ring (bicyclic) bond motifs is 1. The third-order valence-corrected chi connectivity index (χ3v) is 5.33. The van der Waals surface area contributed by atoms with Gasteiger partial charge >= 0.3 is 6.18 Å². The first-order valence-corrected chi connectivity index (χ1v) is 9.31. The van der Waals surface area contributed by atoms with Gasteiger partial charge in [-0.05, 0) is 38.0 Å². The number of alkyl halides is 3. The summed E-state index contributed by atoms with van der Waals surface area (Å²) in [5, 5.41) is 14.2. The van der Waals surface area contributed by atoms with Gasteiger partial charge in [-0.1, -0.05) is 30.3 Å². The fraction of sp³-hybridized carbons (Fsp3) is 0.389. The zero-order valence-electron chi connectivity index (χ0n) is 15.2. The summed E-state index contributed by atoms with van der Waals surface area (Å²) < 4.78 is 43.7. The van der Waals surface area contributed by atoms with Crippen LogP contribution in [0.25, 0.3) is 11.4 Å². The van der Waals surface area contributed by atoms with E-state index in [4.69, 9.17) is 12.2 Å². The molecule has 1 aromatic carbocycles. The summed E-state index contributed by atoms with van der Waals surface area (Å²) in [6.07, 6.45) is -3.04. The van der Waals surface area contributed by atoms with E-state index in [1.807, 2.05) is 37.3 Å². The van der Waals surface area contributed by atoms with Crippen LogP contribution in [-0.2, 0) is 0 Å². The topological polar surface area (TPSA) is 63.5 Å². The highest BCUT2D eigenvalue weighted by atomic mass is 32.1. The predicted octanol–water partition coefficient (Wildman–Crippen LogP) is 4.72. The molecule has 148 valence electrons. The van der Waals surface area contributed by atoms with Gasteiger partial charge in [0.15, 0.2) is 16.6 Å². The van der Waals surface area contributed by atoms with E-state index in [0.717, 1.165) is 10.2 Å².